The van der Waals surface area contributed by atoms with Crippen LogP contribution in [0.25, 0.3) is 0 Å². The smallest absolute Gasteiger partial charge is 0.144 e. The molecule has 0 fully saturated rings. The quantitative estimate of drug-likeness (QED) is 0.884. The maximum absolute atomic E-state index is 13.8. The molecule has 1 unspecified atom stereocenters. The third-order valence-electron chi connectivity index (χ3n) is 3.21. The van der Waals surface area contributed by atoms with Gasteiger partial charge in [0, 0.05) is 6.61 Å². The summed E-state index contributed by atoms with van der Waals surface area (Å²) in [5.74, 6) is -0.940. The van der Waals surface area contributed by atoms with Crippen LogP contribution in [0.3, 0.4) is 0 Å². The summed E-state index contributed by atoms with van der Waals surface area (Å²) in [5, 5.41) is 9.50. The summed E-state index contributed by atoms with van der Waals surface area (Å²) in [7, 11) is 0. The Morgan fingerprint density at radius 1 is 1.05 bits per heavy atom. The van der Waals surface area contributed by atoms with Gasteiger partial charge in [-0.25, -0.2) is 8.78 Å². The highest BCUT2D eigenvalue weighted by atomic mass is 35.5. The fourth-order valence-corrected chi connectivity index (χ4v) is 2.41. The molecule has 1 N–H and O–H groups in total. The molecule has 0 radical (unpaired) electrons. The van der Waals surface area contributed by atoms with Gasteiger partial charge in [0.2, 0.25) is 0 Å². The number of aliphatic hydroxyl groups excluding tert-OH is 1. The minimum atomic E-state index is -0.452. The van der Waals surface area contributed by atoms with E-state index in [1.54, 1.807) is 24.3 Å². The Hall–Kier alpha value is -1.45. The van der Waals surface area contributed by atoms with E-state index in [9.17, 15) is 13.9 Å². The summed E-state index contributed by atoms with van der Waals surface area (Å²) in [5.41, 5.74) is 1.25. The van der Waals surface area contributed by atoms with Crippen molar-refractivity contribution in [3.63, 3.8) is 0 Å². The molecule has 0 aliphatic carbocycles. The van der Waals surface area contributed by atoms with Gasteiger partial charge in [0.15, 0.2) is 0 Å². The van der Waals surface area contributed by atoms with Gasteiger partial charge in [-0.3, -0.25) is 0 Å². The van der Waals surface area contributed by atoms with Crippen LogP contribution in [0, 0.1) is 17.6 Å². The molecule has 20 heavy (non-hydrogen) atoms. The van der Waals surface area contributed by atoms with E-state index in [1.165, 1.54) is 18.2 Å². The maximum Gasteiger partial charge on any atom is 0.144 e. The van der Waals surface area contributed by atoms with Crippen LogP contribution in [-0.4, -0.2) is 11.7 Å². The first-order valence-electron chi connectivity index (χ1n) is 6.38. The molecule has 1 nitrogen and oxygen atoms in total. The van der Waals surface area contributed by atoms with Crippen molar-refractivity contribution in [2.45, 2.75) is 12.8 Å². The molecule has 2 rings (SSSR count). The molecule has 0 heterocycles. The lowest BCUT2D eigenvalue weighted by molar-refractivity contribution is 0.224. The van der Waals surface area contributed by atoms with E-state index in [4.69, 9.17) is 11.6 Å². The molecular weight excluding hydrogens is 282 g/mol. The van der Waals surface area contributed by atoms with Gasteiger partial charge in [0.25, 0.3) is 0 Å². The minimum absolute atomic E-state index is 0.0740. The largest absolute Gasteiger partial charge is 0.396 e. The third kappa shape index (κ3) is 3.78. The Kier molecular flexibility index (Phi) is 5.10. The summed E-state index contributed by atoms with van der Waals surface area (Å²) < 4.78 is 27.0. The van der Waals surface area contributed by atoms with Crippen LogP contribution in [0.1, 0.15) is 11.1 Å². The average molecular weight is 297 g/mol. The number of hydrogen-bond donors (Lipinski definition) is 1. The molecule has 0 amide bonds. The molecule has 0 aromatic heterocycles. The third-order valence-corrected chi connectivity index (χ3v) is 3.50. The van der Waals surface area contributed by atoms with Crippen molar-refractivity contribution >= 4 is 11.6 Å². The number of benzene rings is 2. The van der Waals surface area contributed by atoms with Gasteiger partial charge in [-0.2, -0.15) is 0 Å². The highest BCUT2D eigenvalue weighted by Gasteiger charge is 2.14. The van der Waals surface area contributed by atoms with Crippen molar-refractivity contribution in [2.75, 3.05) is 6.61 Å². The lowest BCUT2D eigenvalue weighted by Crippen LogP contribution is -2.14. The first kappa shape index (κ1) is 14.9. The molecule has 0 saturated carbocycles. The molecule has 4 heteroatoms. The number of aliphatic hydroxyl groups is 1. The SMILES string of the molecule is OCC(Cc1cccc(F)c1)Cc1cccc(Cl)c1F. The Morgan fingerprint density at radius 3 is 2.50 bits per heavy atom. The summed E-state index contributed by atoms with van der Waals surface area (Å²) in [4.78, 5) is 0. The van der Waals surface area contributed by atoms with Gasteiger partial charge in [0.1, 0.15) is 11.6 Å². The van der Waals surface area contributed by atoms with Crippen molar-refractivity contribution in [3.8, 4) is 0 Å². The Balaban J connectivity index is 2.11. The topological polar surface area (TPSA) is 20.2 Å². The fourth-order valence-electron chi connectivity index (χ4n) is 2.22. The lowest BCUT2D eigenvalue weighted by atomic mass is 9.93. The van der Waals surface area contributed by atoms with Crippen LogP contribution in [0.4, 0.5) is 8.78 Å². The molecule has 1 atom stereocenters. The Bertz CT molecular complexity index is 586. The predicted molar refractivity (Wildman–Crippen MR) is 75.8 cm³/mol. The predicted octanol–water partition coefficient (Wildman–Crippen LogP) is 4.01. The van der Waals surface area contributed by atoms with E-state index in [1.807, 2.05) is 0 Å². The van der Waals surface area contributed by atoms with Gasteiger partial charge in [-0.05, 0) is 48.1 Å². The highest BCUT2D eigenvalue weighted by Crippen LogP contribution is 2.22. The molecule has 2 aromatic rings. The zero-order chi connectivity index (χ0) is 14.5. The summed E-state index contributed by atoms with van der Waals surface area (Å²) in [6.07, 6.45) is 0.847. The number of rotatable bonds is 5. The molecule has 106 valence electrons. The zero-order valence-corrected chi connectivity index (χ0v) is 11.6. The molecule has 0 aliphatic heterocycles. The van der Waals surface area contributed by atoms with Crippen LogP contribution < -0.4 is 0 Å². The molecule has 0 aliphatic rings. The van der Waals surface area contributed by atoms with Crippen molar-refractivity contribution in [1.29, 1.82) is 0 Å². The molecule has 0 spiro atoms. The van der Waals surface area contributed by atoms with E-state index in [-0.39, 0.29) is 23.4 Å². The minimum Gasteiger partial charge on any atom is -0.396 e. The van der Waals surface area contributed by atoms with Crippen LogP contribution in [-0.2, 0) is 12.8 Å². The second-order valence-corrected chi connectivity index (χ2v) is 5.21. The standard InChI is InChI=1S/C16H15ClF2O/c17-15-6-2-4-13(16(15)19)8-12(10-20)7-11-3-1-5-14(18)9-11/h1-6,9,12,20H,7-8,10H2. The lowest BCUT2D eigenvalue weighted by Gasteiger charge is -2.15. The summed E-state index contributed by atoms with van der Waals surface area (Å²) in [6.45, 7) is -0.0948. The van der Waals surface area contributed by atoms with Gasteiger partial charge in [-0.1, -0.05) is 35.9 Å². The molecule has 2 aromatic carbocycles. The Labute approximate surface area is 121 Å². The molecular formula is C16H15ClF2O. The van der Waals surface area contributed by atoms with Gasteiger partial charge < -0.3 is 5.11 Å². The van der Waals surface area contributed by atoms with Crippen molar-refractivity contribution < 1.29 is 13.9 Å². The molecule has 0 saturated heterocycles. The number of halogens is 3. The highest BCUT2D eigenvalue weighted by molar-refractivity contribution is 6.30. The van der Waals surface area contributed by atoms with Crippen molar-refractivity contribution in [1.82, 2.24) is 0 Å². The van der Waals surface area contributed by atoms with E-state index in [0.29, 0.717) is 18.4 Å². The van der Waals surface area contributed by atoms with Crippen molar-refractivity contribution in [3.05, 3.63) is 70.2 Å². The fraction of sp³-hybridized carbons (Fsp3) is 0.250. The second kappa shape index (κ2) is 6.82. The maximum atomic E-state index is 13.8. The second-order valence-electron chi connectivity index (χ2n) is 4.80. The monoisotopic (exact) mass is 296 g/mol. The van der Waals surface area contributed by atoms with Gasteiger partial charge in [-0.15, -0.1) is 0 Å². The normalized spacial score (nSPS) is 12.4. The van der Waals surface area contributed by atoms with E-state index >= 15 is 0 Å². The zero-order valence-electron chi connectivity index (χ0n) is 10.8. The van der Waals surface area contributed by atoms with Crippen LogP contribution >= 0.6 is 11.6 Å². The van der Waals surface area contributed by atoms with Crippen LogP contribution in [0.15, 0.2) is 42.5 Å². The Morgan fingerprint density at radius 2 is 1.80 bits per heavy atom. The summed E-state index contributed by atoms with van der Waals surface area (Å²) >= 11 is 5.73. The van der Waals surface area contributed by atoms with E-state index in [2.05, 4.69) is 0 Å². The van der Waals surface area contributed by atoms with Crippen molar-refractivity contribution in [2.24, 2.45) is 5.92 Å². The van der Waals surface area contributed by atoms with Gasteiger partial charge in [0.05, 0.1) is 5.02 Å². The average Bonchev–Trinajstić information content (AvgIpc) is 2.43. The van der Waals surface area contributed by atoms with Crippen LogP contribution in [0.5, 0.6) is 0 Å². The van der Waals surface area contributed by atoms with Crippen LogP contribution in [0.2, 0.25) is 5.02 Å². The molecule has 0 bridgehead atoms. The first-order chi connectivity index (χ1) is 9.60. The first-order valence-corrected chi connectivity index (χ1v) is 6.76. The summed E-state index contributed by atoms with van der Waals surface area (Å²) in [6, 6.07) is 11.0. The van der Waals surface area contributed by atoms with E-state index < -0.39 is 5.82 Å². The number of hydrogen-bond acceptors (Lipinski definition) is 1. The van der Waals surface area contributed by atoms with E-state index in [0.717, 1.165) is 5.56 Å². The van der Waals surface area contributed by atoms with Gasteiger partial charge >= 0.3 is 0 Å².